The van der Waals surface area contributed by atoms with Crippen molar-refractivity contribution in [2.75, 3.05) is 19.4 Å². The molecule has 1 saturated heterocycles. The summed E-state index contributed by atoms with van der Waals surface area (Å²) < 4.78 is 49.7. The smallest absolute Gasteiger partial charge is 0.214 e. The van der Waals surface area contributed by atoms with E-state index in [4.69, 9.17) is 9.26 Å². The summed E-state index contributed by atoms with van der Waals surface area (Å²) in [6.07, 6.45) is 0.353. The Labute approximate surface area is 133 Å². The highest BCUT2D eigenvalue weighted by Crippen LogP contribution is 2.25. The van der Waals surface area contributed by atoms with Crippen LogP contribution < -0.4 is 0 Å². The summed E-state index contributed by atoms with van der Waals surface area (Å²) in [6, 6.07) is 7.75. The van der Waals surface area contributed by atoms with Gasteiger partial charge >= 0.3 is 0 Å². The third-order valence-electron chi connectivity index (χ3n) is 3.87. The van der Waals surface area contributed by atoms with Crippen molar-refractivity contribution in [2.45, 2.75) is 19.1 Å². The van der Waals surface area contributed by atoms with Crippen LogP contribution in [0.1, 0.15) is 12.1 Å². The average Bonchev–Trinajstić information content (AvgIpc) is 2.98. The molecule has 0 amide bonds. The molecule has 2 heterocycles. The lowest BCUT2D eigenvalue weighted by atomic mass is 10.1. The molecule has 0 spiro atoms. The molecule has 3 rings (SSSR count). The van der Waals surface area contributed by atoms with Gasteiger partial charge < -0.3 is 9.26 Å². The molecule has 8 heteroatoms. The van der Waals surface area contributed by atoms with Gasteiger partial charge in [-0.1, -0.05) is 17.3 Å². The zero-order chi connectivity index (χ0) is 16.4. The summed E-state index contributed by atoms with van der Waals surface area (Å²) in [6.45, 7) is 0.362. The number of methoxy groups -OCH3 is 1. The second kappa shape index (κ2) is 6.38. The van der Waals surface area contributed by atoms with E-state index in [1.807, 2.05) is 0 Å². The van der Waals surface area contributed by atoms with Gasteiger partial charge in [0, 0.05) is 19.7 Å². The largest absolute Gasteiger partial charge is 0.380 e. The Morgan fingerprint density at radius 2 is 2.22 bits per heavy atom. The van der Waals surface area contributed by atoms with Crippen LogP contribution in [0, 0.1) is 5.82 Å². The quantitative estimate of drug-likeness (QED) is 0.851. The van der Waals surface area contributed by atoms with E-state index in [1.54, 1.807) is 31.4 Å². The van der Waals surface area contributed by atoms with E-state index in [0.717, 1.165) is 0 Å². The van der Waals surface area contributed by atoms with Crippen molar-refractivity contribution >= 4 is 10.0 Å². The maximum atomic E-state index is 13.8. The van der Waals surface area contributed by atoms with Crippen molar-refractivity contribution in [3.8, 4) is 11.3 Å². The molecule has 0 bridgehead atoms. The number of hydrogen-bond donors (Lipinski definition) is 0. The Hall–Kier alpha value is -1.77. The van der Waals surface area contributed by atoms with Crippen molar-refractivity contribution in [3.05, 3.63) is 41.8 Å². The fourth-order valence-electron chi connectivity index (χ4n) is 2.55. The van der Waals surface area contributed by atoms with Gasteiger partial charge in [0.1, 0.15) is 5.82 Å². The number of rotatable bonds is 4. The van der Waals surface area contributed by atoms with Gasteiger partial charge in [0.25, 0.3) is 0 Å². The summed E-state index contributed by atoms with van der Waals surface area (Å²) >= 11 is 0. The predicted octanol–water partition coefficient (Wildman–Crippen LogP) is 2.03. The van der Waals surface area contributed by atoms with Gasteiger partial charge in [0.2, 0.25) is 10.0 Å². The normalized spacial score (nSPS) is 21.4. The van der Waals surface area contributed by atoms with Gasteiger partial charge in [-0.2, -0.15) is 4.31 Å². The van der Waals surface area contributed by atoms with Crippen LogP contribution in [0.4, 0.5) is 4.39 Å². The zero-order valence-electron chi connectivity index (χ0n) is 12.6. The molecule has 23 heavy (non-hydrogen) atoms. The van der Waals surface area contributed by atoms with Crippen molar-refractivity contribution in [3.63, 3.8) is 0 Å². The summed E-state index contributed by atoms with van der Waals surface area (Å²) in [7, 11) is -1.77. The molecule has 0 N–H and O–H groups in total. The molecule has 6 nitrogen and oxygen atoms in total. The van der Waals surface area contributed by atoms with Crippen LogP contribution in [-0.2, 0) is 21.3 Å². The highest BCUT2D eigenvalue weighted by atomic mass is 32.2. The molecule has 1 fully saturated rings. The molecule has 0 saturated carbocycles. The Bertz CT molecular complexity index is 790. The lowest BCUT2D eigenvalue weighted by molar-refractivity contribution is 0.0735. The SMILES string of the molecule is COC1CCS(=O)(=O)N(Cc2cc(-c3ccccc3F)on2)C1. The van der Waals surface area contributed by atoms with Gasteiger partial charge in [-0.3, -0.25) is 0 Å². The van der Waals surface area contributed by atoms with E-state index in [9.17, 15) is 12.8 Å². The number of benzene rings is 1. The van der Waals surface area contributed by atoms with Crippen LogP contribution in [0.25, 0.3) is 11.3 Å². The lowest BCUT2D eigenvalue weighted by Crippen LogP contribution is -2.44. The topological polar surface area (TPSA) is 72.6 Å². The number of sulfonamides is 1. The minimum atomic E-state index is -3.33. The predicted molar refractivity (Wildman–Crippen MR) is 81.5 cm³/mol. The van der Waals surface area contributed by atoms with Crippen LogP contribution in [0.2, 0.25) is 0 Å². The van der Waals surface area contributed by atoms with E-state index in [0.29, 0.717) is 17.7 Å². The van der Waals surface area contributed by atoms with Crippen LogP contribution in [-0.4, -0.2) is 43.4 Å². The van der Waals surface area contributed by atoms with Gasteiger partial charge in [-0.25, -0.2) is 12.8 Å². The molecule has 1 aliphatic heterocycles. The van der Waals surface area contributed by atoms with E-state index < -0.39 is 15.8 Å². The first-order chi connectivity index (χ1) is 11.0. The molecule has 1 atom stereocenters. The molecule has 124 valence electrons. The van der Waals surface area contributed by atoms with Crippen molar-refractivity contribution in [2.24, 2.45) is 0 Å². The first-order valence-corrected chi connectivity index (χ1v) is 8.81. The highest BCUT2D eigenvalue weighted by molar-refractivity contribution is 7.89. The molecular formula is C15H17FN2O4S. The first-order valence-electron chi connectivity index (χ1n) is 7.21. The monoisotopic (exact) mass is 340 g/mol. The standard InChI is InChI=1S/C15H17FN2O4S/c1-21-12-6-7-23(19,20)18(10-12)9-11-8-15(22-17-11)13-4-2-3-5-14(13)16/h2-5,8,12H,6-7,9-10H2,1H3. The number of nitrogens with zero attached hydrogens (tertiary/aromatic N) is 2. The number of halogens is 1. The molecule has 1 aromatic carbocycles. The van der Waals surface area contributed by atoms with Crippen molar-refractivity contribution in [1.82, 2.24) is 9.46 Å². The highest BCUT2D eigenvalue weighted by Gasteiger charge is 2.32. The molecule has 1 aromatic heterocycles. The van der Waals surface area contributed by atoms with Crippen molar-refractivity contribution in [1.29, 1.82) is 0 Å². The van der Waals surface area contributed by atoms with E-state index in [2.05, 4.69) is 5.16 Å². The van der Waals surface area contributed by atoms with Gasteiger partial charge in [0.05, 0.1) is 29.7 Å². The second-order valence-electron chi connectivity index (χ2n) is 5.42. The first kappa shape index (κ1) is 16.1. The Kier molecular flexibility index (Phi) is 4.47. The molecule has 1 aliphatic rings. The van der Waals surface area contributed by atoms with Gasteiger partial charge in [-0.15, -0.1) is 0 Å². The Morgan fingerprint density at radius 1 is 1.43 bits per heavy atom. The summed E-state index contributed by atoms with van der Waals surface area (Å²) in [5.41, 5.74) is 0.728. The Morgan fingerprint density at radius 3 is 2.96 bits per heavy atom. The molecule has 0 aliphatic carbocycles. The number of hydrogen-bond acceptors (Lipinski definition) is 5. The van der Waals surface area contributed by atoms with Crippen LogP contribution in [0.15, 0.2) is 34.9 Å². The molecule has 0 radical (unpaired) electrons. The molecule has 1 unspecified atom stereocenters. The van der Waals surface area contributed by atoms with E-state index in [1.165, 1.54) is 10.4 Å². The van der Waals surface area contributed by atoms with Crippen LogP contribution in [0.5, 0.6) is 0 Å². The number of aromatic nitrogens is 1. The van der Waals surface area contributed by atoms with Crippen molar-refractivity contribution < 1.29 is 22.1 Å². The summed E-state index contributed by atoms with van der Waals surface area (Å²) in [4.78, 5) is 0. The second-order valence-corrected chi connectivity index (χ2v) is 7.51. The molecular weight excluding hydrogens is 323 g/mol. The fourth-order valence-corrected chi connectivity index (χ4v) is 4.09. The lowest BCUT2D eigenvalue weighted by Gasteiger charge is -2.30. The van der Waals surface area contributed by atoms with E-state index in [-0.39, 0.29) is 30.7 Å². The number of ether oxygens (including phenoxy) is 1. The van der Waals surface area contributed by atoms with Crippen LogP contribution in [0.3, 0.4) is 0 Å². The Balaban J connectivity index is 1.80. The minimum Gasteiger partial charge on any atom is -0.380 e. The van der Waals surface area contributed by atoms with Gasteiger partial charge in [-0.05, 0) is 18.6 Å². The fraction of sp³-hybridized carbons (Fsp3) is 0.400. The minimum absolute atomic E-state index is 0.0452. The third-order valence-corrected chi connectivity index (χ3v) is 5.68. The summed E-state index contributed by atoms with van der Waals surface area (Å²) in [5.74, 6) is -0.0974. The maximum Gasteiger partial charge on any atom is 0.214 e. The zero-order valence-corrected chi connectivity index (χ0v) is 13.4. The maximum absolute atomic E-state index is 13.8. The van der Waals surface area contributed by atoms with E-state index >= 15 is 0 Å². The molecule has 2 aromatic rings. The average molecular weight is 340 g/mol. The summed E-state index contributed by atoms with van der Waals surface area (Å²) in [5, 5.41) is 3.86. The van der Waals surface area contributed by atoms with Crippen LogP contribution >= 0.6 is 0 Å². The third kappa shape index (κ3) is 3.44. The van der Waals surface area contributed by atoms with Gasteiger partial charge in [0.15, 0.2) is 5.76 Å².